The Morgan fingerprint density at radius 1 is 1.10 bits per heavy atom. The van der Waals surface area contributed by atoms with Gasteiger partial charge in [-0.05, 0) is 34.5 Å². The predicted octanol–water partition coefficient (Wildman–Crippen LogP) is 2.77. The van der Waals surface area contributed by atoms with Crippen molar-refractivity contribution >= 4 is 23.4 Å². The van der Waals surface area contributed by atoms with Crippen LogP contribution in [0.3, 0.4) is 0 Å². The molecule has 5 heteroatoms. The van der Waals surface area contributed by atoms with Gasteiger partial charge in [0.25, 0.3) is 0 Å². The Bertz CT molecular complexity index is 669. The molecule has 2 aromatic rings. The number of nitrogens with one attached hydrogen (secondary N) is 1. The quantitative estimate of drug-likeness (QED) is 0.837. The zero-order chi connectivity index (χ0) is 14.8. The molecule has 21 heavy (non-hydrogen) atoms. The van der Waals surface area contributed by atoms with E-state index in [9.17, 15) is 4.79 Å². The molecule has 1 aliphatic carbocycles. The molecule has 1 aliphatic rings. The van der Waals surface area contributed by atoms with Crippen molar-refractivity contribution < 1.29 is 9.53 Å². The normalized spacial score (nSPS) is 12.4. The highest BCUT2D eigenvalue weighted by atomic mass is 32.1. The number of amides is 1. The summed E-state index contributed by atoms with van der Waals surface area (Å²) in [7, 11) is 0. The summed E-state index contributed by atoms with van der Waals surface area (Å²) >= 11 is 4.61. The third-order valence-corrected chi connectivity index (χ3v) is 3.67. The van der Waals surface area contributed by atoms with Crippen LogP contribution in [0.2, 0.25) is 0 Å². The summed E-state index contributed by atoms with van der Waals surface area (Å²) in [6, 6.07) is 16.3. The molecule has 0 aliphatic heterocycles. The summed E-state index contributed by atoms with van der Waals surface area (Å²) in [5.41, 5.74) is 9.97. The zero-order valence-corrected chi connectivity index (χ0v) is 12.0. The van der Waals surface area contributed by atoms with Crippen molar-refractivity contribution in [1.29, 1.82) is 0 Å². The van der Waals surface area contributed by atoms with Crippen molar-refractivity contribution in [1.82, 2.24) is 5.32 Å². The lowest BCUT2D eigenvalue weighted by Gasteiger charge is -2.14. The number of ether oxygens (including phenoxy) is 1. The Morgan fingerprint density at radius 3 is 2.14 bits per heavy atom. The maximum atomic E-state index is 11.5. The number of carbonyl (C=O) groups is 1. The molecular weight excluding hydrogens is 284 g/mol. The highest BCUT2D eigenvalue weighted by molar-refractivity contribution is 7.80. The Labute approximate surface area is 127 Å². The standard InChI is InChI=1S/C16H14N2O2S/c17-15(21)18-16(19)20-9-14-12-7-3-1-5-10(12)11-6-2-4-8-13(11)14/h1-8,14H,9H2,(H3,17,18,19,21). The molecule has 0 bridgehead atoms. The number of hydrogen-bond acceptors (Lipinski definition) is 3. The molecule has 0 spiro atoms. The van der Waals surface area contributed by atoms with Crippen LogP contribution in [0.4, 0.5) is 4.79 Å². The molecule has 0 radical (unpaired) electrons. The van der Waals surface area contributed by atoms with Crippen LogP contribution in [0, 0.1) is 0 Å². The van der Waals surface area contributed by atoms with Gasteiger partial charge in [-0.15, -0.1) is 0 Å². The number of benzene rings is 2. The van der Waals surface area contributed by atoms with Gasteiger partial charge in [0.15, 0.2) is 5.11 Å². The predicted molar refractivity (Wildman–Crippen MR) is 85.0 cm³/mol. The van der Waals surface area contributed by atoms with Crippen LogP contribution < -0.4 is 11.1 Å². The lowest BCUT2D eigenvalue weighted by Crippen LogP contribution is -2.35. The van der Waals surface area contributed by atoms with Gasteiger partial charge in [0.2, 0.25) is 0 Å². The molecule has 1 amide bonds. The second-order valence-electron chi connectivity index (χ2n) is 4.81. The van der Waals surface area contributed by atoms with E-state index >= 15 is 0 Å². The number of hydrogen-bond donors (Lipinski definition) is 2. The molecule has 0 atom stereocenters. The summed E-state index contributed by atoms with van der Waals surface area (Å²) < 4.78 is 5.23. The molecule has 0 fully saturated rings. The van der Waals surface area contributed by atoms with Crippen LogP contribution in [0.1, 0.15) is 17.0 Å². The van der Waals surface area contributed by atoms with Crippen molar-refractivity contribution in [2.24, 2.45) is 5.73 Å². The summed E-state index contributed by atoms with van der Waals surface area (Å²) in [5, 5.41) is 2.17. The van der Waals surface area contributed by atoms with Gasteiger partial charge in [0.05, 0.1) is 0 Å². The third kappa shape index (κ3) is 2.60. The zero-order valence-electron chi connectivity index (χ0n) is 11.2. The van der Waals surface area contributed by atoms with Gasteiger partial charge in [-0.25, -0.2) is 4.79 Å². The minimum Gasteiger partial charge on any atom is -0.448 e. The Kier molecular flexibility index (Phi) is 3.58. The molecule has 106 valence electrons. The van der Waals surface area contributed by atoms with E-state index in [0.717, 1.165) is 0 Å². The van der Waals surface area contributed by atoms with Gasteiger partial charge >= 0.3 is 6.09 Å². The van der Waals surface area contributed by atoms with E-state index in [1.54, 1.807) is 0 Å². The third-order valence-electron chi connectivity index (χ3n) is 3.57. The first-order chi connectivity index (χ1) is 10.2. The molecule has 2 aromatic carbocycles. The summed E-state index contributed by atoms with van der Waals surface area (Å²) in [5.74, 6) is 0.0366. The van der Waals surface area contributed by atoms with Crippen molar-refractivity contribution in [2.45, 2.75) is 5.92 Å². The monoisotopic (exact) mass is 298 g/mol. The molecule has 0 unspecified atom stereocenters. The number of alkyl carbamates (subject to hydrolysis) is 1. The fourth-order valence-electron chi connectivity index (χ4n) is 2.74. The highest BCUT2D eigenvalue weighted by Gasteiger charge is 2.28. The van der Waals surface area contributed by atoms with Crippen molar-refractivity contribution in [3.63, 3.8) is 0 Å². The number of thiocarbonyl (C=S) groups is 1. The maximum Gasteiger partial charge on any atom is 0.413 e. The van der Waals surface area contributed by atoms with E-state index in [2.05, 4.69) is 41.8 Å². The smallest absolute Gasteiger partial charge is 0.413 e. The van der Waals surface area contributed by atoms with Gasteiger partial charge < -0.3 is 10.5 Å². The van der Waals surface area contributed by atoms with Crippen LogP contribution in [-0.2, 0) is 4.74 Å². The minimum atomic E-state index is -0.621. The largest absolute Gasteiger partial charge is 0.448 e. The summed E-state index contributed by atoms with van der Waals surface area (Å²) in [6.45, 7) is 0.252. The van der Waals surface area contributed by atoms with E-state index in [0.29, 0.717) is 0 Å². The topological polar surface area (TPSA) is 64.3 Å². The van der Waals surface area contributed by atoms with Gasteiger partial charge in [0, 0.05) is 5.92 Å². The molecule has 0 aromatic heterocycles. The van der Waals surface area contributed by atoms with E-state index in [1.165, 1.54) is 22.3 Å². The molecule has 3 rings (SSSR count). The van der Waals surface area contributed by atoms with Gasteiger partial charge in [-0.1, -0.05) is 48.5 Å². The average molecular weight is 298 g/mol. The summed E-state index contributed by atoms with van der Waals surface area (Å²) in [4.78, 5) is 11.5. The van der Waals surface area contributed by atoms with E-state index < -0.39 is 6.09 Å². The molecule has 0 heterocycles. The fraction of sp³-hybridized carbons (Fsp3) is 0.125. The Morgan fingerprint density at radius 2 is 1.62 bits per heavy atom. The van der Waals surface area contributed by atoms with E-state index in [-0.39, 0.29) is 17.6 Å². The van der Waals surface area contributed by atoms with Crippen LogP contribution in [0.5, 0.6) is 0 Å². The SMILES string of the molecule is NC(=S)NC(=O)OCC1c2ccccc2-c2ccccc21. The van der Waals surface area contributed by atoms with Gasteiger partial charge in [-0.2, -0.15) is 0 Å². The van der Waals surface area contributed by atoms with Crippen LogP contribution in [0.25, 0.3) is 11.1 Å². The first-order valence-electron chi connectivity index (χ1n) is 6.58. The summed E-state index contributed by atoms with van der Waals surface area (Å²) in [6.07, 6.45) is -0.621. The number of rotatable bonds is 2. The van der Waals surface area contributed by atoms with Crippen LogP contribution >= 0.6 is 12.2 Å². The Hall–Kier alpha value is -2.40. The molecular formula is C16H14N2O2S. The van der Waals surface area contributed by atoms with E-state index in [1.807, 2.05) is 24.3 Å². The first-order valence-corrected chi connectivity index (χ1v) is 6.99. The lowest BCUT2D eigenvalue weighted by atomic mass is 9.98. The van der Waals surface area contributed by atoms with E-state index in [4.69, 9.17) is 10.5 Å². The number of nitrogens with two attached hydrogens (primary N) is 1. The number of fused-ring (bicyclic) bond motifs is 3. The second-order valence-corrected chi connectivity index (χ2v) is 5.25. The van der Waals surface area contributed by atoms with Gasteiger partial charge in [0.1, 0.15) is 6.61 Å². The Balaban J connectivity index is 1.85. The first kappa shape index (κ1) is 13.6. The van der Waals surface area contributed by atoms with Crippen LogP contribution in [0.15, 0.2) is 48.5 Å². The van der Waals surface area contributed by atoms with Crippen molar-refractivity contribution in [3.8, 4) is 11.1 Å². The van der Waals surface area contributed by atoms with Crippen LogP contribution in [-0.4, -0.2) is 17.8 Å². The lowest BCUT2D eigenvalue weighted by molar-refractivity contribution is 0.148. The van der Waals surface area contributed by atoms with Crippen molar-refractivity contribution in [3.05, 3.63) is 59.7 Å². The highest BCUT2D eigenvalue weighted by Crippen LogP contribution is 2.44. The average Bonchev–Trinajstić information content (AvgIpc) is 2.79. The minimum absolute atomic E-state index is 0.0366. The molecule has 0 saturated heterocycles. The molecule has 3 N–H and O–H groups in total. The second kappa shape index (κ2) is 5.54. The number of carbonyl (C=O) groups excluding carboxylic acids is 1. The van der Waals surface area contributed by atoms with Crippen molar-refractivity contribution in [2.75, 3.05) is 6.61 Å². The molecule has 4 nitrogen and oxygen atoms in total. The fourth-order valence-corrected chi connectivity index (χ4v) is 2.82. The molecule has 0 saturated carbocycles. The maximum absolute atomic E-state index is 11.5. The van der Waals surface area contributed by atoms with Gasteiger partial charge in [-0.3, -0.25) is 5.32 Å².